The number of nitrogens with one attached hydrogen (secondary N) is 1. The van der Waals surface area contributed by atoms with Gasteiger partial charge in [-0.3, -0.25) is 9.48 Å². The third kappa shape index (κ3) is 2.56. The van der Waals surface area contributed by atoms with Crippen LogP contribution < -0.4 is 11.1 Å². The molecule has 0 aliphatic carbocycles. The number of hydrogen-bond donors (Lipinski definition) is 2. The van der Waals surface area contributed by atoms with Crippen LogP contribution in [-0.2, 0) is 17.9 Å². The molecule has 5 nitrogen and oxygen atoms in total. The Labute approximate surface area is 89.6 Å². The highest BCUT2D eigenvalue weighted by Crippen LogP contribution is 2.11. The SMILES string of the molecule is CCNC(=O)Cn1nc(C)c(CN)c1C. The third-order valence-corrected chi connectivity index (χ3v) is 2.40. The van der Waals surface area contributed by atoms with E-state index in [-0.39, 0.29) is 12.5 Å². The lowest BCUT2D eigenvalue weighted by molar-refractivity contribution is -0.121. The second-order valence-electron chi connectivity index (χ2n) is 3.46. The average Bonchev–Trinajstić information content (AvgIpc) is 2.42. The van der Waals surface area contributed by atoms with Crippen LogP contribution in [0.1, 0.15) is 23.9 Å². The molecule has 0 aliphatic rings. The van der Waals surface area contributed by atoms with Gasteiger partial charge in [-0.1, -0.05) is 0 Å². The smallest absolute Gasteiger partial charge is 0.241 e. The quantitative estimate of drug-likeness (QED) is 0.740. The van der Waals surface area contributed by atoms with Crippen molar-refractivity contribution in [2.24, 2.45) is 5.73 Å². The first kappa shape index (κ1) is 11.7. The summed E-state index contributed by atoms with van der Waals surface area (Å²) in [7, 11) is 0. The highest BCUT2D eigenvalue weighted by Gasteiger charge is 2.11. The van der Waals surface area contributed by atoms with Crippen molar-refractivity contribution >= 4 is 5.91 Å². The van der Waals surface area contributed by atoms with Crippen LogP contribution in [0.5, 0.6) is 0 Å². The second-order valence-corrected chi connectivity index (χ2v) is 3.46. The van der Waals surface area contributed by atoms with Gasteiger partial charge >= 0.3 is 0 Å². The Hall–Kier alpha value is -1.36. The number of likely N-dealkylation sites (N-methyl/N-ethyl adjacent to an activating group) is 1. The summed E-state index contributed by atoms with van der Waals surface area (Å²) in [5.41, 5.74) is 8.50. The van der Waals surface area contributed by atoms with Gasteiger partial charge in [0.1, 0.15) is 6.54 Å². The molecule has 3 N–H and O–H groups in total. The van der Waals surface area contributed by atoms with E-state index in [1.807, 2.05) is 20.8 Å². The first-order valence-corrected chi connectivity index (χ1v) is 5.09. The molecule has 1 heterocycles. The van der Waals surface area contributed by atoms with Crippen LogP contribution in [0.2, 0.25) is 0 Å². The zero-order chi connectivity index (χ0) is 11.4. The van der Waals surface area contributed by atoms with E-state index in [2.05, 4.69) is 10.4 Å². The number of amides is 1. The summed E-state index contributed by atoms with van der Waals surface area (Å²) in [6.45, 7) is 7.10. The van der Waals surface area contributed by atoms with Gasteiger partial charge in [-0.05, 0) is 20.8 Å². The highest BCUT2D eigenvalue weighted by atomic mass is 16.2. The molecule has 1 rings (SSSR count). The van der Waals surface area contributed by atoms with Crippen molar-refractivity contribution < 1.29 is 4.79 Å². The fourth-order valence-electron chi connectivity index (χ4n) is 1.57. The number of carbonyl (C=O) groups is 1. The van der Waals surface area contributed by atoms with Crippen molar-refractivity contribution in [2.45, 2.75) is 33.9 Å². The summed E-state index contributed by atoms with van der Waals surface area (Å²) in [4.78, 5) is 11.4. The van der Waals surface area contributed by atoms with Gasteiger partial charge in [-0.2, -0.15) is 5.10 Å². The number of aryl methyl sites for hydroxylation is 1. The fourth-order valence-corrected chi connectivity index (χ4v) is 1.57. The summed E-state index contributed by atoms with van der Waals surface area (Å²) in [6.07, 6.45) is 0. The van der Waals surface area contributed by atoms with Crippen molar-refractivity contribution in [3.8, 4) is 0 Å². The van der Waals surface area contributed by atoms with Crippen LogP contribution in [0.4, 0.5) is 0 Å². The van der Waals surface area contributed by atoms with Crippen molar-refractivity contribution in [1.82, 2.24) is 15.1 Å². The molecule has 0 bridgehead atoms. The van der Waals surface area contributed by atoms with Crippen LogP contribution in [0.3, 0.4) is 0 Å². The van der Waals surface area contributed by atoms with E-state index in [4.69, 9.17) is 5.73 Å². The monoisotopic (exact) mass is 210 g/mol. The molecule has 84 valence electrons. The molecular formula is C10H18N4O. The number of carbonyl (C=O) groups excluding carboxylic acids is 1. The number of nitrogens with zero attached hydrogens (tertiary/aromatic N) is 2. The molecule has 0 fully saturated rings. The summed E-state index contributed by atoms with van der Waals surface area (Å²) >= 11 is 0. The van der Waals surface area contributed by atoms with Gasteiger partial charge in [0.15, 0.2) is 0 Å². The van der Waals surface area contributed by atoms with E-state index in [1.165, 1.54) is 0 Å². The molecule has 0 atom stereocenters. The van der Waals surface area contributed by atoms with Gasteiger partial charge in [0.2, 0.25) is 5.91 Å². The Balaban J connectivity index is 2.82. The summed E-state index contributed by atoms with van der Waals surface area (Å²) in [6, 6.07) is 0. The standard InChI is InChI=1S/C10H18N4O/c1-4-12-10(15)6-14-8(3)9(5-11)7(2)13-14/h4-6,11H2,1-3H3,(H,12,15). The maximum Gasteiger partial charge on any atom is 0.241 e. The molecule has 1 aromatic heterocycles. The van der Waals surface area contributed by atoms with Crippen LogP contribution in [0.15, 0.2) is 0 Å². The molecule has 0 radical (unpaired) electrons. The summed E-state index contributed by atoms with van der Waals surface area (Å²) in [5, 5.41) is 7.02. The molecule has 15 heavy (non-hydrogen) atoms. The van der Waals surface area contributed by atoms with Gasteiger partial charge in [-0.15, -0.1) is 0 Å². The number of rotatable bonds is 4. The van der Waals surface area contributed by atoms with Gasteiger partial charge in [0.25, 0.3) is 0 Å². The van der Waals surface area contributed by atoms with E-state index in [9.17, 15) is 4.79 Å². The maximum atomic E-state index is 11.4. The molecule has 0 spiro atoms. The molecular weight excluding hydrogens is 192 g/mol. The first-order valence-electron chi connectivity index (χ1n) is 5.09. The molecule has 0 saturated carbocycles. The maximum absolute atomic E-state index is 11.4. The zero-order valence-corrected chi connectivity index (χ0v) is 9.50. The van der Waals surface area contributed by atoms with Crippen molar-refractivity contribution in [1.29, 1.82) is 0 Å². The van der Waals surface area contributed by atoms with E-state index < -0.39 is 0 Å². The van der Waals surface area contributed by atoms with E-state index in [0.717, 1.165) is 17.0 Å². The number of nitrogens with two attached hydrogens (primary N) is 1. The molecule has 0 aliphatic heterocycles. The minimum atomic E-state index is -0.0216. The largest absolute Gasteiger partial charge is 0.355 e. The van der Waals surface area contributed by atoms with Gasteiger partial charge in [0, 0.05) is 24.3 Å². The molecule has 0 unspecified atom stereocenters. The van der Waals surface area contributed by atoms with Crippen LogP contribution >= 0.6 is 0 Å². The van der Waals surface area contributed by atoms with Crippen molar-refractivity contribution in [2.75, 3.05) is 6.54 Å². The van der Waals surface area contributed by atoms with Gasteiger partial charge in [0.05, 0.1) is 5.69 Å². The lowest BCUT2D eigenvalue weighted by Crippen LogP contribution is -2.28. The molecule has 1 aromatic rings. The fraction of sp³-hybridized carbons (Fsp3) is 0.600. The van der Waals surface area contributed by atoms with E-state index >= 15 is 0 Å². The minimum absolute atomic E-state index is 0.0216. The Morgan fingerprint density at radius 1 is 1.53 bits per heavy atom. The van der Waals surface area contributed by atoms with Gasteiger partial charge < -0.3 is 11.1 Å². The first-order chi connectivity index (χ1) is 7.10. The summed E-state index contributed by atoms with van der Waals surface area (Å²) in [5.74, 6) is -0.0216. The molecule has 0 saturated heterocycles. The van der Waals surface area contributed by atoms with Crippen LogP contribution in [-0.4, -0.2) is 22.2 Å². The zero-order valence-electron chi connectivity index (χ0n) is 9.50. The lowest BCUT2D eigenvalue weighted by Gasteiger charge is -2.04. The van der Waals surface area contributed by atoms with Gasteiger partial charge in [-0.25, -0.2) is 0 Å². The predicted molar refractivity (Wildman–Crippen MR) is 58.3 cm³/mol. The lowest BCUT2D eigenvalue weighted by atomic mass is 10.2. The van der Waals surface area contributed by atoms with Crippen molar-refractivity contribution in [3.05, 3.63) is 17.0 Å². The molecule has 5 heteroatoms. The Morgan fingerprint density at radius 2 is 2.20 bits per heavy atom. The highest BCUT2D eigenvalue weighted by molar-refractivity contribution is 5.75. The average molecular weight is 210 g/mol. The Kier molecular flexibility index (Phi) is 3.85. The predicted octanol–water partition coefficient (Wildman–Crippen LogP) is 0.0947. The van der Waals surface area contributed by atoms with E-state index in [1.54, 1.807) is 4.68 Å². The number of aromatic nitrogens is 2. The summed E-state index contributed by atoms with van der Waals surface area (Å²) < 4.78 is 1.70. The van der Waals surface area contributed by atoms with Crippen molar-refractivity contribution in [3.63, 3.8) is 0 Å². The number of hydrogen-bond acceptors (Lipinski definition) is 3. The minimum Gasteiger partial charge on any atom is -0.355 e. The third-order valence-electron chi connectivity index (χ3n) is 2.40. The molecule has 0 aromatic carbocycles. The van der Waals surface area contributed by atoms with Crippen LogP contribution in [0, 0.1) is 13.8 Å². The second kappa shape index (κ2) is 4.93. The Morgan fingerprint density at radius 3 is 2.67 bits per heavy atom. The van der Waals surface area contributed by atoms with E-state index in [0.29, 0.717) is 13.1 Å². The molecule has 1 amide bonds. The van der Waals surface area contributed by atoms with Crippen LogP contribution in [0.25, 0.3) is 0 Å². The Bertz CT molecular complexity index is 357. The normalized spacial score (nSPS) is 10.4. The topological polar surface area (TPSA) is 72.9 Å².